The maximum Gasteiger partial charge on any atom is 0.251 e. The van der Waals surface area contributed by atoms with Gasteiger partial charge in [-0.05, 0) is 35.1 Å². The Morgan fingerprint density at radius 1 is 1.25 bits per heavy atom. The number of amides is 1. The molecular formula is C18H20N4OS. The quantitative estimate of drug-likeness (QED) is 0.747. The fourth-order valence-electron chi connectivity index (χ4n) is 2.44. The van der Waals surface area contributed by atoms with Gasteiger partial charge in [0.1, 0.15) is 0 Å². The first-order valence-corrected chi connectivity index (χ1v) is 8.80. The number of thiophene rings is 1. The van der Waals surface area contributed by atoms with Crippen LogP contribution in [0.2, 0.25) is 0 Å². The van der Waals surface area contributed by atoms with E-state index in [-0.39, 0.29) is 11.9 Å². The minimum absolute atomic E-state index is 0.00354. The van der Waals surface area contributed by atoms with Crippen LogP contribution in [0.25, 0.3) is 10.4 Å². The summed E-state index contributed by atoms with van der Waals surface area (Å²) in [5.41, 5.74) is 1.80. The lowest BCUT2D eigenvalue weighted by molar-refractivity contribution is 0.0919. The molecule has 24 heavy (non-hydrogen) atoms. The van der Waals surface area contributed by atoms with Crippen LogP contribution in [0.5, 0.6) is 0 Å². The minimum atomic E-state index is -0.0634. The SMILES string of the molecule is CC(C)[C@H](Cn1ccnn1)NC(=O)c1ccc(-c2cccs2)cc1. The summed E-state index contributed by atoms with van der Waals surface area (Å²) in [6, 6.07) is 11.8. The highest BCUT2D eigenvalue weighted by Gasteiger charge is 2.18. The van der Waals surface area contributed by atoms with Gasteiger partial charge in [0.05, 0.1) is 18.8 Å². The molecule has 0 fully saturated rings. The Labute approximate surface area is 145 Å². The lowest BCUT2D eigenvalue weighted by atomic mass is 10.0. The molecule has 0 saturated heterocycles. The molecule has 0 aliphatic carbocycles. The summed E-state index contributed by atoms with van der Waals surface area (Å²) in [7, 11) is 0. The van der Waals surface area contributed by atoms with E-state index in [1.165, 1.54) is 4.88 Å². The van der Waals surface area contributed by atoms with Gasteiger partial charge in [0, 0.05) is 16.6 Å². The number of hydrogen-bond acceptors (Lipinski definition) is 4. The maximum absolute atomic E-state index is 12.5. The van der Waals surface area contributed by atoms with Crippen molar-refractivity contribution in [3.63, 3.8) is 0 Å². The molecule has 0 aliphatic heterocycles. The van der Waals surface area contributed by atoms with Crippen LogP contribution >= 0.6 is 11.3 Å². The third kappa shape index (κ3) is 3.89. The number of carbonyl (C=O) groups excluding carboxylic acids is 1. The fraction of sp³-hybridized carbons (Fsp3) is 0.278. The summed E-state index contributed by atoms with van der Waals surface area (Å²) in [5, 5.41) is 12.9. The summed E-state index contributed by atoms with van der Waals surface area (Å²) in [6.07, 6.45) is 3.44. The predicted octanol–water partition coefficient (Wildman–Crippen LogP) is 3.46. The Kier molecular flexibility index (Phi) is 5.05. The molecule has 3 aromatic rings. The Hall–Kier alpha value is -2.47. The van der Waals surface area contributed by atoms with Crippen LogP contribution in [0.1, 0.15) is 24.2 Å². The molecule has 6 heteroatoms. The van der Waals surface area contributed by atoms with E-state index in [1.54, 1.807) is 28.4 Å². The predicted molar refractivity (Wildman–Crippen MR) is 95.9 cm³/mol. The average Bonchev–Trinajstić information content (AvgIpc) is 3.28. The van der Waals surface area contributed by atoms with Crippen LogP contribution in [0.4, 0.5) is 0 Å². The summed E-state index contributed by atoms with van der Waals surface area (Å²) < 4.78 is 1.74. The van der Waals surface area contributed by atoms with E-state index in [2.05, 4.69) is 35.5 Å². The fourth-order valence-corrected chi connectivity index (χ4v) is 3.17. The normalized spacial score (nSPS) is 12.3. The summed E-state index contributed by atoms with van der Waals surface area (Å²) in [6.45, 7) is 4.78. The molecule has 0 aliphatic rings. The number of nitrogens with one attached hydrogen (secondary N) is 1. The van der Waals surface area contributed by atoms with Crippen molar-refractivity contribution < 1.29 is 4.79 Å². The van der Waals surface area contributed by atoms with E-state index in [1.807, 2.05) is 35.7 Å². The molecule has 0 radical (unpaired) electrons. The van der Waals surface area contributed by atoms with Crippen molar-refractivity contribution in [3.05, 3.63) is 59.7 Å². The number of hydrogen-bond donors (Lipinski definition) is 1. The number of benzene rings is 1. The molecule has 0 saturated carbocycles. The molecule has 0 unspecified atom stereocenters. The molecule has 3 rings (SSSR count). The number of carbonyl (C=O) groups is 1. The lowest BCUT2D eigenvalue weighted by Crippen LogP contribution is -2.41. The molecule has 1 aromatic carbocycles. The van der Waals surface area contributed by atoms with Crippen molar-refractivity contribution in [2.75, 3.05) is 0 Å². The van der Waals surface area contributed by atoms with Gasteiger partial charge in [-0.15, -0.1) is 16.4 Å². The monoisotopic (exact) mass is 340 g/mol. The molecule has 0 spiro atoms. The van der Waals surface area contributed by atoms with Crippen LogP contribution in [0.15, 0.2) is 54.2 Å². The third-order valence-electron chi connectivity index (χ3n) is 3.93. The van der Waals surface area contributed by atoms with Crippen LogP contribution in [0.3, 0.4) is 0 Å². The first-order chi connectivity index (χ1) is 11.6. The summed E-state index contributed by atoms with van der Waals surface area (Å²) in [4.78, 5) is 13.7. The molecule has 1 N–H and O–H groups in total. The van der Waals surface area contributed by atoms with E-state index in [9.17, 15) is 4.79 Å². The van der Waals surface area contributed by atoms with Crippen molar-refractivity contribution in [3.8, 4) is 10.4 Å². The molecule has 1 amide bonds. The highest BCUT2D eigenvalue weighted by atomic mass is 32.1. The van der Waals surface area contributed by atoms with Crippen molar-refractivity contribution >= 4 is 17.2 Å². The Balaban J connectivity index is 1.68. The van der Waals surface area contributed by atoms with Crippen LogP contribution < -0.4 is 5.32 Å². The largest absolute Gasteiger partial charge is 0.347 e. The highest BCUT2D eigenvalue weighted by molar-refractivity contribution is 7.13. The van der Waals surface area contributed by atoms with Crippen molar-refractivity contribution in [2.45, 2.75) is 26.4 Å². The second kappa shape index (κ2) is 7.40. The van der Waals surface area contributed by atoms with Crippen LogP contribution in [0, 0.1) is 5.92 Å². The second-order valence-electron chi connectivity index (χ2n) is 6.00. The summed E-state index contributed by atoms with van der Waals surface area (Å²) >= 11 is 1.69. The zero-order valence-corrected chi connectivity index (χ0v) is 14.5. The van der Waals surface area contributed by atoms with Gasteiger partial charge in [0.2, 0.25) is 0 Å². The molecule has 5 nitrogen and oxygen atoms in total. The standard InChI is InChI=1S/C18H20N4OS/c1-13(2)16(12-22-10-9-19-21-22)20-18(23)15-7-5-14(6-8-15)17-4-3-11-24-17/h3-11,13,16H,12H2,1-2H3,(H,20,23)/t16-/m0/s1. The van der Waals surface area contributed by atoms with Crippen molar-refractivity contribution in [2.24, 2.45) is 5.92 Å². The topological polar surface area (TPSA) is 59.8 Å². The lowest BCUT2D eigenvalue weighted by Gasteiger charge is -2.22. The van der Waals surface area contributed by atoms with Gasteiger partial charge >= 0.3 is 0 Å². The minimum Gasteiger partial charge on any atom is -0.347 e. The average molecular weight is 340 g/mol. The second-order valence-corrected chi connectivity index (χ2v) is 6.95. The first-order valence-electron chi connectivity index (χ1n) is 7.92. The Morgan fingerprint density at radius 2 is 2.04 bits per heavy atom. The van der Waals surface area contributed by atoms with Gasteiger partial charge in [0.25, 0.3) is 5.91 Å². The molecular weight excluding hydrogens is 320 g/mol. The molecule has 2 aromatic heterocycles. The Bertz CT molecular complexity index is 764. The smallest absolute Gasteiger partial charge is 0.251 e. The number of aromatic nitrogens is 3. The highest BCUT2D eigenvalue weighted by Crippen LogP contribution is 2.24. The third-order valence-corrected chi connectivity index (χ3v) is 4.85. The van der Waals surface area contributed by atoms with Gasteiger partial charge < -0.3 is 5.32 Å². The number of rotatable bonds is 6. The van der Waals surface area contributed by atoms with Crippen molar-refractivity contribution in [1.82, 2.24) is 20.3 Å². The zero-order valence-electron chi connectivity index (χ0n) is 13.7. The van der Waals surface area contributed by atoms with E-state index in [0.717, 1.165) is 5.56 Å². The zero-order chi connectivity index (χ0) is 16.9. The molecule has 2 heterocycles. The first kappa shape index (κ1) is 16.4. The van der Waals surface area contributed by atoms with Crippen LogP contribution in [-0.2, 0) is 6.54 Å². The maximum atomic E-state index is 12.5. The van der Waals surface area contributed by atoms with Gasteiger partial charge in [-0.2, -0.15) is 0 Å². The van der Waals surface area contributed by atoms with Gasteiger partial charge in [-0.3, -0.25) is 9.48 Å². The molecule has 124 valence electrons. The van der Waals surface area contributed by atoms with Crippen molar-refractivity contribution in [1.29, 1.82) is 0 Å². The van der Waals surface area contributed by atoms with Gasteiger partial charge in [-0.25, -0.2) is 0 Å². The Morgan fingerprint density at radius 3 is 2.62 bits per heavy atom. The van der Waals surface area contributed by atoms with E-state index in [0.29, 0.717) is 18.0 Å². The summed E-state index contributed by atoms with van der Waals surface area (Å²) in [5.74, 6) is 0.232. The van der Waals surface area contributed by atoms with E-state index < -0.39 is 0 Å². The molecule has 0 bridgehead atoms. The number of nitrogens with zero attached hydrogens (tertiary/aromatic N) is 3. The van der Waals surface area contributed by atoms with Gasteiger partial charge in [0.15, 0.2) is 0 Å². The van der Waals surface area contributed by atoms with Crippen LogP contribution in [-0.4, -0.2) is 26.9 Å². The van der Waals surface area contributed by atoms with E-state index >= 15 is 0 Å². The van der Waals surface area contributed by atoms with E-state index in [4.69, 9.17) is 0 Å². The van der Waals surface area contributed by atoms with Gasteiger partial charge in [-0.1, -0.05) is 37.3 Å². The molecule has 1 atom stereocenters.